The standard InChI is InChI=1S/C18H14FN5/c19-17-7-3-1-5-14(17)10-23-11-15(9-22-24-12-20-21-13-24)16-6-2-4-8-18(16)23/h1-9,11-13H,10H2. The number of hydrogen-bond donors (Lipinski definition) is 0. The normalized spacial score (nSPS) is 11.5. The minimum Gasteiger partial charge on any atom is -0.342 e. The van der Waals surface area contributed by atoms with Crippen LogP contribution in [0.5, 0.6) is 0 Å². The number of halogens is 1. The summed E-state index contributed by atoms with van der Waals surface area (Å²) in [5.74, 6) is -0.199. The van der Waals surface area contributed by atoms with Crippen LogP contribution in [0.1, 0.15) is 11.1 Å². The molecule has 0 saturated heterocycles. The van der Waals surface area contributed by atoms with Crippen LogP contribution in [0.2, 0.25) is 0 Å². The minimum absolute atomic E-state index is 0.199. The average Bonchev–Trinajstić information content (AvgIpc) is 3.24. The lowest BCUT2D eigenvalue weighted by molar-refractivity contribution is 0.602. The van der Waals surface area contributed by atoms with Crippen LogP contribution < -0.4 is 0 Å². The molecule has 0 fully saturated rings. The van der Waals surface area contributed by atoms with Crippen molar-refractivity contribution in [2.45, 2.75) is 6.54 Å². The molecule has 0 bridgehead atoms. The average molecular weight is 319 g/mol. The number of rotatable bonds is 4. The first-order valence-electron chi connectivity index (χ1n) is 7.51. The summed E-state index contributed by atoms with van der Waals surface area (Å²) in [5, 5.41) is 12.8. The molecule has 0 aliphatic rings. The summed E-state index contributed by atoms with van der Waals surface area (Å²) in [4.78, 5) is 0. The molecule has 0 amide bonds. The van der Waals surface area contributed by atoms with Gasteiger partial charge in [0.05, 0.1) is 12.8 Å². The predicted octanol–water partition coefficient (Wildman–Crippen LogP) is 3.30. The number of hydrogen-bond acceptors (Lipinski definition) is 3. The van der Waals surface area contributed by atoms with Gasteiger partial charge in [0.2, 0.25) is 0 Å². The molecule has 0 spiro atoms. The highest BCUT2D eigenvalue weighted by Crippen LogP contribution is 2.22. The Labute approximate surface area is 137 Å². The van der Waals surface area contributed by atoms with Gasteiger partial charge in [0.15, 0.2) is 0 Å². The summed E-state index contributed by atoms with van der Waals surface area (Å²) in [6.07, 6.45) is 6.78. The molecule has 0 aliphatic carbocycles. The van der Waals surface area contributed by atoms with Crippen LogP contribution in [0, 0.1) is 5.82 Å². The highest BCUT2D eigenvalue weighted by molar-refractivity contribution is 5.99. The third-order valence-electron chi connectivity index (χ3n) is 3.85. The van der Waals surface area contributed by atoms with Crippen LogP contribution in [0.25, 0.3) is 10.9 Å². The molecule has 2 aromatic heterocycles. The molecule has 0 unspecified atom stereocenters. The maximum absolute atomic E-state index is 14.0. The first kappa shape index (κ1) is 14.3. The lowest BCUT2D eigenvalue weighted by Crippen LogP contribution is -2.00. The van der Waals surface area contributed by atoms with E-state index in [0.29, 0.717) is 12.1 Å². The van der Waals surface area contributed by atoms with E-state index in [9.17, 15) is 4.39 Å². The fraction of sp³-hybridized carbons (Fsp3) is 0.0556. The maximum atomic E-state index is 14.0. The summed E-state index contributed by atoms with van der Waals surface area (Å²) >= 11 is 0. The zero-order valence-corrected chi connectivity index (χ0v) is 12.7. The summed E-state index contributed by atoms with van der Waals surface area (Å²) in [6, 6.07) is 14.8. The van der Waals surface area contributed by atoms with Gasteiger partial charge in [-0.15, -0.1) is 10.2 Å². The predicted molar refractivity (Wildman–Crippen MR) is 90.5 cm³/mol. The van der Waals surface area contributed by atoms with Crippen molar-refractivity contribution in [1.82, 2.24) is 19.4 Å². The molecular formula is C18H14FN5. The molecule has 2 aromatic carbocycles. The fourth-order valence-corrected chi connectivity index (χ4v) is 2.70. The van der Waals surface area contributed by atoms with E-state index in [1.807, 2.05) is 41.1 Å². The summed E-state index contributed by atoms with van der Waals surface area (Å²) in [5.41, 5.74) is 2.64. The fourth-order valence-electron chi connectivity index (χ4n) is 2.70. The monoisotopic (exact) mass is 319 g/mol. The van der Waals surface area contributed by atoms with Crippen LogP contribution in [0.4, 0.5) is 4.39 Å². The first-order valence-corrected chi connectivity index (χ1v) is 7.51. The lowest BCUT2D eigenvalue weighted by Gasteiger charge is -2.06. The molecule has 0 N–H and O–H groups in total. The Morgan fingerprint density at radius 2 is 1.75 bits per heavy atom. The smallest absolute Gasteiger partial charge is 0.141 e. The van der Waals surface area contributed by atoms with Crippen molar-refractivity contribution in [3.63, 3.8) is 0 Å². The second-order valence-corrected chi connectivity index (χ2v) is 5.41. The number of nitrogens with zero attached hydrogens (tertiary/aromatic N) is 5. The maximum Gasteiger partial charge on any atom is 0.141 e. The number of fused-ring (bicyclic) bond motifs is 1. The Hall–Kier alpha value is -3.28. The SMILES string of the molecule is Fc1ccccc1Cn1cc(C=Nn2cnnc2)c2ccccc21. The molecule has 4 aromatic rings. The Morgan fingerprint density at radius 1 is 1.00 bits per heavy atom. The van der Waals surface area contributed by atoms with E-state index in [2.05, 4.69) is 15.3 Å². The van der Waals surface area contributed by atoms with Gasteiger partial charge in [-0.2, -0.15) is 5.10 Å². The van der Waals surface area contributed by atoms with E-state index in [1.54, 1.807) is 18.3 Å². The zero-order chi connectivity index (χ0) is 16.4. The van der Waals surface area contributed by atoms with E-state index >= 15 is 0 Å². The number of para-hydroxylation sites is 1. The quantitative estimate of drug-likeness (QED) is 0.542. The minimum atomic E-state index is -0.199. The van der Waals surface area contributed by atoms with Gasteiger partial charge in [-0.1, -0.05) is 36.4 Å². The van der Waals surface area contributed by atoms with Crippen LogP contribution in [0.3, 0.4) is 0 Å². The topological polar surface area (TPSA) is 48.0 Å². The Morgan fingerprint density at radius 3 is 2.58 bits per heavy atom. The second-order valence-electron chi connectivity index (χ2n) is 5.41. The van der Waals surface area contributed by atoms with E-state index in [1.165, 1.54) is 23.4 Å². The third-order valence-corrected chi connectivity index (χ3v) is 3.85. The van der Waals surface area contributed by atoms with Crippen molar-refractivity contribution in [1.29, 1.82) is 0 Å². The van der Waals surface area contributed by atoms with Crippen molar-refractivity contribution in [2.75, 3.05) is 0 Å². The molecule has 0 saturated carbocycles. The van der Waals surface area contributed by atoms with E-state index < -0.39 is 0 Å². The molecule has 6 heteroatoms. The van der Waals surface area contributed by atoms with Crippen molar-refractivity contribution in [3.05, 3.63) is 84.3 Å². The number of benzene rings is 2. The lowest BCUT2D eigenvalue weighted by atomic mass is 10.2. The molecule has 2 heterocycles. The van der Waals surface area contributed by atoms with Crippen LogP contribution in [0.15, 0.2) is 72.5 Å². The van der Waals surface area contributed by atoms with Gasteiger partial charge < -0.3 is 4.57 Å². The summed E-state index contributed by atoms with van der Waals surface area (Å²) in [7, 11) is 0. The van der Waals surface area contributed by atoms with Gasteiger partial charge in [-0.25, -0.2) is 9.07 Å². The van der Waals surface area contributed by atoms with Gasteiger partial charge in [0.1, 0.15) is 18.5 Å². The van der Waals surface area contributed by atoms with Gasteiger partial charge in [0, 0.05) is 28.2 Å². The molecule has 5 nitrogen and oxygen atoms in total. The Kier molecular flexibility index (Phi) is 3.63. The van der Waals surface area contributed by atoms with Crippen LogP contribution in [-0.2, 0) is 6.54 Å². The van der Waals surface area contributed by atoms with Crippen molar-refractivity contribution in [2.24, 2.45) is 5.10 Å². The molecule has 0 radical (unpaired) electrons. The highest BCUT2D eigenvalue weighted by Gasteiger charge is 2.09. The largest absolute Gasteiger partial charge is 0.342 e. The van der Waals surface area contributed by atoms with E-state index in [4.69, 9.17) is 0 Å². The van der Waals surface area contributed by atoms with Crippen LogP contribution >= 0.6 is 0 Å². The number of aromatic nitrogens is 4. The Balaban J connectivity index is 1.75. The molecule has 118 valence electrons. The first-order chi connectivity index (χ1) is 11.8. The van der Waals surface area contributed by atoms with E-state index in [0.717, 1.165) is 16.5 Å². The third kappa shape index (κ3) is 2.69. The van der Waals surface area contributed by atoms with E-state index in [-0.39, 0.29) is 5.82 Å². The van der Waals surface area contributed by atoms with Gasteiger partial charge >= 0.3 is 0 Å². The van der Waals surface area contributed by atoms with Gasteiger partial charge in [-0.3, -0.25) is 0 Å². The summed E-state index contributed by atoms with van der Waals surface area (Å²) in [6.45, 7) is 0.466. The van der Waals surface area contributed by atoms with Crippen LogP contribution in [-0.4, -0.2) is 25.7 Å². The van der Waals surface area contributed by atoms with Crippen molar-refractivity contribution < 1.29 is 4.39 Å². The molecule has 24 heavy (non-hydrogen) atoms. The zero-order valence-electron chi connectivity index (χ0n) is 12.7. The molecule has 0 aliphatic heterocycles. The van der Waals surface area contributed by atoms with Crippen molar-refractivity contribution >= 4 is 17.1 Å². The Bertz CT molecular complexity index is 1000. The molecular weight excluding hydrogens is 305 g/mol. The van der Waals surface area contributed by atoms with Crippen molar-refractivity contribution in [3.8, 4) is 0 Å². The molecule has 4 rings (SSSR count). The molecule has 0 atom stereocenters. The highest BCUT2D eigenvalue weighted by atomic mass is 19.1. The van der Waals surface area contributed by atoms with Gasteiger partial charge in [-0.05, 0) is 12.1 Å². The van der Waals surface area contributed by atoms with Gasteiger partial charge in [0.25, 0.3) is 0 Å². The second kappa shape index (κ2) is 6.08. The summed E-state index contributed by atoms with van der Waals surface area (Å²) < 4.78 is 17.5.